The highest BCUT2D eigenvalue weighted by molar-refractivity contribution is 5.35. The second-order valence-electron chi connectivity index (χ2n) is 9.89. The molecule has 2 aliphatic rings. The molecule has 29 heavy (non-hydrogen) atoms. The van der Waals surface area contributed by atoms with Crippen molar-refractivity contribution in [3.05, 3.63) is 41.2 Å². The van der Waals surface area contributed by atoms with Gasteiger partial charge in [0, 0.05) is 6.54 Å². The van der Waals surface area contributed by atoms with Gasteiger partial charge in [-0.2, -0.15) is 5.26 Å². The van der Waals surface area contributed by atoms with Crippen LogP contribution in [0.3, 0.4) is 0 Å². The van der Waals surface area contributed by atoms with E-state index in [1.54, 1.807) is 0 Å². The highest BCUT2D eigenvalue weighted by Crippen LogP contribution is 2.45. The predicted molar refractivity (Wildman–Crippen MR) is 112 cm³/mol. The van der Waals surface area contributed by atoms with Gasteiger partial charge in [0.15, 0.2) is 5.82 Å². The smallest absolute Gasteiger partial charge is 0.173 e. The van der Waals surface area contributed by atoms with E-state index in [1.807, 2.05) is 16.8 Å². The largest absolute Gasteiger partial charge is 0.289 e. The lowest BCUT2D eigenvalue weighted by Crippen LogP contribution is -2.47. The van der Waals surface area contributed by atoms with Crippen molar-refractivity contribution >= 4 is 0 Å². The third-order valence-corrected chi connectivity index (χ3v) is 6.70. The second kappa shape index (κ2) is 7.87. The summed E-state index contributed by atoms with van der Waals surface area (Å²) in [6.07, 6.45) is 9.34. The Balaban J connectivity index is 1.74. The molecule has 0 bridgehead atoms. The molecule has 4 rings (SSSR count). The van der Waals surface area contributed by atoms with Gasteiger partial charge in [-0.15, -0.1) is 5.10 Å². The first-order chi connectivity index (χ1) is 13.9. The molecular weight excluding hydrogens is 360 g/mol. The van der Waals surface area contributed by atoms with Crippen molar-refractivity contribution in [3.8, 4) is 6.07 Å². The Morgan fingerprint density at radius 1 is 1.03 bits per heavy atom. The summed E-state index contributed by atoms with van der Waals surface area (Å²) < 4.78 is 1.97. The molecule has 1 spiro atoms. The lowest BCUT2D eigenvalue weighted by Gasteiger charge is -2.47. The third kappa shape index (κ3) is 4.06. The Morgan fingerprint density at radius 2 is 1.72 bits per heavy atom. The van der Waals surface area contributed by atoms with E-state index in [0.29, 0.717) is 11.0 Å². The summed E-state index contributed by atoms with van der Waals surface area (Å²) in [6.45, 7) is 8.59. The molecular formula is C23H32N6. The van der Waals surface area contributed by atoms with Gasteiger partial charge in [0.05, 0.1) is 23.2 Å². The van der Waals surface area contributed by atoms with E-state index in [9.17, 15) is 5.26 Å². The van der Waals surface area contributed by atoms with Gasteiger partial charge >= 0.3 is 0 Å². The van der Waals surface area contributed by atoms with E-state index in [-0.39, 0.29) is 11.6 Å². The zero-order valence-electron chi connectivity index (χ0n) is 17.9. The Kier molecular flexibility index (Phi) is 5.44. The minimum Gasteiger partial charge on any atom is -0.289 e. The third-order valence-electron chi connectivity index (χ3n) is 6.70. The number of tetrazole rings is 1. The lowest BCUT2D eigenvalue weighted by molar-refractivity contribution is 0.0332. The van der Waals surface area contributed by atoms with E-state index in [2.05, 4.69) is 59.4 Å². The maximum Gasteiger partial charge on any atom is 0.173 e. The average molecular weight is 393 g/mol. The van der Waals surface area contributed by atoms with Crippen LogP contribution in [0.25, 0.3) is 0 Å². The zero-order chi connectivity index (χ0) is 20.5. The van der Waals surface area contributed by atoms with E-state index in [1.165, 1.54) is 44.9 Å². The van der Waals surface area contributed by atoms with Crippen LogP contribution in [0.1, 0.15) is 88.7 Å². The normalized spacial score (nSPS) is 21.0. The molecule has 1 aromatic heterocycles. The van der Waals surface area contributed by atoms with Gasteiger partial charge in [-0.05, 0) is 86.5 Å². The summed E-state index contributed by atoms with van der Waals surface area (Å²) in [6, 6.07) is 10.2. The lowest BCUT2D eigenvalue weighted by atomic mass is 9.69. The molecule has 1 aliphatic heterocycles. The van der Waals surface area contributed by atoms with Gasteiger partial charge in [-0.25, -0.2) is 4.68 Å². The average Bonchev–Trinajstić information content (AvgIpc) is 3.19. The fourth-order valence-corrected chi connectivity index (χ4v) is 5.28. The maximum atomic E-state index is 9.22. The van der Waals surface area contributed by atoms with Crippen LogP contribution in [0.15, 0.2) is 24.3 Å². The van der Waals surface area contributed by atoms with Crippen molar-refractivity contribution in [2.75, 3.05) is 13.1 Å². The van der Waals surface area contributed by atoms with E-state index in [4.69, 9.17) is 0 Å². The second-order valence-corrected chi connectivity index (χ2v) is 9.89. The maximum absolute atomic E-state index is 9.22. The quantitative estimate of drug-likeness (QED) is 0.772. The first-order valence-corrected chi connectivity index (χ1v) is 10.9. The number of aromatic nitrogens is 4. The molecule has 0 unspecified atom stereocenters. The van der Waals surface area contributed by atoms with Crippen molar-refractivity contribution in [1.29, 1.82) is 5.26 Å². The number of benzene rings is 1. The van der Waals surface area contributed by atoms with Crippen LogP contribution < -0.4 is 0 Å². The van der Waals surface area contributed by atoms with E-state index >= 15 is 0 Å². The van der Waals surface area contributed by atoms with Crippen LogP contribution in [0.4, 0.5) is 0 Å². The summed E-state index contributed by atoms with van der Waals surface area (Å²) in [5.41, 5.74) is 2.10. The summed E-state index contributed by atoms with van der Waals surface area (Å²) in [5, 5.41) is 22.1. The molecule has 2 fully saturated rings. The van der Waals surface area contributed by atoms with Crippen LogP contribution >= 0.6 is 0 Å². The fourth-order valence-electron chi connectivity index (χ4n) is 5.28. The van der Waals surface area contributed by atoms with Gasteiger partial charge in [0.25, 0.3) is 0 Å². The highest BCUT2D eigenvalue weighted by atomic mass is 15.6. The Bertz CT molecular complexity index is 858. The molecule has 1 saturated carbocycles. The van der Waals surface area contributed by atoms with Crippen LogP contribution in [-0.2, 0) is 5.54 Å². The minimum absolute atomic E-state index is 0.0102. The Labute approximate surface area is 173 Å². The number of likely N-dealkylation sites (tertiary alicyclic amines) is 1. The fraction of sp³-hybridized carbons (Fsp3) is 0.652. The number of piperidine rings is 1. The van der Waals surface area contributed by atoms with E-state index in [0.717, 1.165) is 24.5 Å². The molecule has 6 nitrogen and oxygen atoms in total. The van der Waals surface area contributed by atoms with Crippen molar-refractivity contribution in [2.24, 2.45) is 5.41 Å². The van der Waals surface area contributed by atoms with Crippen molar-refractivity contribution in [1.82, 2.24) is 25.1 Å². The monoisotopic (exact) mass is 392 g/mol. The van der Waals surface area contributed by atoms with Crippen LogP contribution in [-0.4, -0.2) is 38.2 Å². The van der Waals surface area contributed by atoms with Crippen LogP contribution in [0.2, 0.25) is 0 Å². The van der Waals surface area contributed by atoms with E-state index < -0.39 is 0 Å². The van der Waals surface area contributed by atoms with Gasteiger partial charge in [-0.3, -0.25) is 4.90 Å². The first-order valence-electron chi connectivity index (χ1n) is 10.9. The summed E-state index contributed by atoms with van der Waals surface area (Å²) in [7, 11) is 0. The number of hydrogen-bond acceptors (Lipinski definition) is 5. The van der Waals surface area contributed by atoms with Crippen LogP contribution in [0, 0.1) is 16.7 Å². The standard InChI is InChI=1S/C23H32N6/c1-22(2,3)29-21(25-26-27-29)20(19-10-8-18(16-24)9-11-19)28-15-7-14-23(17-28)12-5-4-6-13-23/h8-11,20H,4-7,12-15,17H2,1-3H3/t20-/m0/s1. The predicted octanol–water partition coefficient (Wildman–Crippen LogP) is 4.44. The van der Waals surface area contributed by atoms with Gasteiger partial charge in [-0.1, -0.05) is 31.4 Å². The Hall–Kier alpha value is -2.26. The van der Waals surface area contributed by atoms with Gasteiger partial charge in [0.2, 0.25) is 0 Å². The van der Waals surface area contributed by atoms with Gasteiger partial charge < -0.3 is 0 Å². The molecule has 154 valence electrons. The number of hydrogen-bond donors (Lipinski definition) is 0. The number of nitriles is 1. The molecule has 0 radical (unpaired) electrons. The summed E-state index contributed by atoms with van der Waals surface area (Å²) in [5.74, 6) is 0.898. The summed E-state index contributed by atoms with van der Waals surface area (Å²) >= 11 is 0. The molecule has 2 aromatic rings. The summed E-state index contributed by atoms with van der Waals surface area (Å²) in [4.78, 5) is 2.60. The molecule has 2 heterocycles. The van der Waals surface area contributed by atoms with Crippen molar-refractivity contribution < 1.29 is 0 Å². The zero-order valence-corrected chi connectivity index (χ0v) is 17.9. The SMILES string of the molecule is CC(C)(C)n1nnnc1[C@H](c1ccc(C#N)cc1)N1CCCC2(CCCCC2)C1. The highest BCUT2D eigenvalue weighted by Gasteiger charge is 2.41. The molecule has 1 aliphatic carbocycles. The molecule has 0 amide bonds. The Morgan fingerprint density at radius 3 is 2.38 bits per heavy atom. The number of rotatable bonds is 3. The molecule has 6 heteroatoms. The number of nitrogens with zero attached hydrogens (tertiary/aromatic N) is 6. The molecule has 1 atom stereocenters. The molecule has 1 aromatic carbocycles. The van der Waals surface area contributed by atoms with Crippen molar-refractivity contribution in [2.45, 2.75) is 77.3 Å². The molecule has 0 N–H and O–H groups in total. The van der Waals surface area contributed by atoms with Crippen molar-refractivity contribution in [3.63, 3.8) is 0 Å². The topological polar surface area (TPSA) is 70.6 Å². The minimum atomic E-state index is -0.192. The first kappa shape index (κ1) is 20.0. The van der Waals surface area contributed by atoms with Gasteiger partial charge in [0.1, 0.15) is 0 Å². The molecule has 1 saturated heterocycles. The van der Waals surface area contributed by atoms with Crippen LogP contribution in [0.5, 0.6) is 0 Å².